The fourth-order valence-electron chi connectivity index (χ4n) is 2.57. The van der Waals surface area contributed by atoms with E-state index in [-0.39, 0.29) is 17.6 Å². The second kappa shape index (κ2) is 9.14. The fraction of sp³-hybridized carbons (Fsp3) is 0.444. The van der Waals surface area contributed by atoms with Crippen molar-refractivity contribution in [2.75, 3.05) is 17.7 Å². The first-order valence-electron chi connectivity index (χ1n) is 8.31. The molecule has 6 nitrogen and oxygen atoms in total. The Balaban J connectivity index is 2.02. The molecule has 0 fully saturated rings. The molecule has 0 saturated carbocycles. The number of ether oxygens (including phenoxy) is 1. The summed E-state index contributed by atoms with van der Waals surface area (Å²) in [7, 11) is 0. The van der Waals surface area contributed by atoms with E-state index in [4.69, 9.17) is 4.74 Å². The minimum atomic E-state index is -0.394. The molecule has 140 valence electrons. The zero-order valence-electron chi connectivity index (χ0n) is 15.6. The summed E-state index contributed by atoms with van der Waals surface area (Å²) >= 11 is 2.57. The smallest absolute Gasteiger partial charge is 0.315 e. The molecule has 2 aromatic rings. The minimum Gasteiger partial charge on any atom is -0.465 e. The lowest BCUT2D eigenvalue weighted by Crippen LogP contribution is -2.24. The highest BCUT2D eigenvalue weighted by molar-refractivity contribution is 8.01. The summed E-state index contributed by atoms with van der Waals surface area (Å²) in [6.07, 6.45) is 0. The van der Waals surface area contributed by atoms with Crippen LogP contribution in [0.3, 0.4) is 0 Å². The predicted octanol–water partition coefficient (Wildman–Crippen LogP) is 3.75. The van der Waals surface area contributed by atoms with E-state index in [1.165, 1.54) is 28.7 Å². The Labute approximate surface area is 161 Å². The number of anilines is 1. The molecule has 26 heavy (non-hydrogen) atoms. The van der Waals surface area contributed by atoms with Gasteiger partial charge in [0.05, 0.1) is 17.6 Å². The van der Waals surface area contributed by atoms with Gasteiger partial charge >= 0.3 is 5.97 Å². The third-order valence-electron chi connectivity index (χ3n) is 3.67. The quantitative estimate of drug-likeness (QED) is 0.722. The maximum atomic E-state index is 12.3. The Bertz CT molecular complexity index is 782. The number of carbonyl (C=O) groups is 2. The summed E-state index contributed by atoms with van der Waals surface area (Å²) in [6, 6.07) is 4.21. The minimum absolute atomic E-state index is 0.144. The molecule has 1 N–H and O–H groups in total. The van der Waals surface area contributed by atoms with Crippen molar-refractivity contribution >= 4 is 40.1 Å². The molecule has 1 aromatic carbocycles. The van der Waals surface area contributed by atoms with Gasteiger partial charge in [-0.05, 0) is 45.7 Å². The summed E-state index contributed by atoms with van der Waals surface area (Å²) in [5, 5.41) is 11.9. The van der Waals surface area contributed by atoms with Gasteiger partial charge in [-0.2, -0.15) is 0 Å². The summed E-state index contributed by atoms with van der Waals surface area (Å²) in [4.78, 5) is 23.6. The van der Waals surface area contributed by atoms with Gasteiger partial charge in [-0.25, -0.2) is 0 Å². The number of carbonyl (C=O) groups excluding carboxylic acids is 2. The van der Waals surface area contributed by atoms with E-state index in [0.717, 1.165) is 21.7 Å². The van der Waals surface area contributed by atoms with Crippen LogP contribution in [0.2, 0.25) is 0 Å². The van der Waals surface area contributed by atoms with Gasteiger partial charge in [-0.3, -0.25) is 14.9 Å². The van der Waals surface area contributed by atoms with Crippen LogP contribution in [0.15, 0.2) is 12.1 Å². The summed E-state index contributed by atoms with van der Waals surface area (Å²) in [5.74, 6) is -0.383. The van der Waals surface area contributed by atoms with Crippen LogP contribution < -0.4 is 5.32 Å². The number of hydrogen-bond donors (Lipinski definition) is 1. The molecule has 2 rings (SSSR count). The van der Waals surface area contributed by atoms with E-state index in [0.29, 0.717) is 11.7 Å². The standard InChI is InChI=1S/C18H23N3O3S2/c1-6-24-14(22)9-25-13(5)16(23)19-18-21-20-17(26-18)15-11(3)7-10(2)8-12(15)4/h7-8,13H,6,9H2,1-5H3,(H,19,21,23)/t13-/m1/s1. The van der Waals surface area contributed by atoms with Crippen LogP contribution >= 0.6 is 23.1 Å². The van der Waals surface area contributed by atoms with Crippen molar-refractivity contribution in [3.63, 3.8) is 0 Å². The molecule has 0 aliphatic rings. The van der Waals surface area contributed by atoms with Crippen molar-refractivity contribution in [1.29, 1.82) is 0 Å². The van der Waals surface area contributed by atoms with Gasteiger partial charge in [0, 0.05) is 5.56 Å². The van der Waals surface area contributed by atoms with Crippen molar-refractivity contribution in [1.82, 2.24) is 10.2 Å². The molecule has 0 saturated heterocycles. The molecule has 1 aromatic heterocycles. The third kappa shape index (κ3) is 5.28. The maximum Gasteiger partial charge on any atom is 0.315 e. The van der Waals surface area contributed by atoms with Crippen LogP contribution in [-0.2, 0) is 14.3 Å². The lowest BCUT2D eigenvalue weighted by atomic mass is 10.0. The number of nitrogens with zero attached hydrogens (tertiary/aromatic N) is 2. The van der Waals surface area contributed by atoms with Gasteiger partial charge in [0.2, 0.25) is 11.0 Å². The lowest BCUT2D eigenvalue weighted by molar-refractivity contribution is -0.139. The molecule has 0 radical (unpaired) electrons. The molecule has 1 heterocycles. The average molecular weight is 394 g/mol. The van der Waals surface area contributed by atoms with Crippen molar-refractivity contribution in [3.05, 3.63) is 28.8 Å². The summed E-state index contributed by atoms with van der Waals surface area (Å²) in [6.45, 7) is 9.99. The van der Waals surface area contributed by atoms with Crippen LogP contribution in [0.1, 0.15) is 30.5 Å². The summed E-state index contributed by atoms with van der Waals surface area (Å²) < 4.78 is 4.86. The van der Waals surface area contributed by atoms with Crippen LogP contribution in [0, 0.1) is 20.8 Å². The van der Waals surface area contributed by atoms with Crippen LogP contribution in [0.4, 0.5) is 5.13 Å². The first-order chi connectivity index (χ1) is 12.3. The largest absolute Gasteiger partial charge is 0.465 e. The molecule has 0 bridgehead atoms. The zero-order valence-corrected chi connectivity index (χ0v) is 17.2. The van der Waals surface area contributed by atoms with E-state index in [2.05, 4.69) is 34.6 Å². The highest BCUT2D eigenvalue weighted by Gasteiger charge is 2.19. The number of amides is 1. The van der Waals surface area contributed by atoms with Gasteiger partial charge in [0.1, 0.15) is 5.01 Å². The normalized spacial score (nSPS) is 11.9. The Morgan fingerprint density at radius 1 is 1.23 bits per heavy atom. The van der Waals surface area contributed by atoms with Gasteiger partial charge in [-0.1, -0.05) is 29.0 Å². The first-order valence-corrected chi connectivity index (χ1v) is 10.2. The van der Waals surface area contributed by atoms with Crippen LogP contribution in [0.5, 0.6) is 0 Å². The number of hydrogen-bond acceptors (Lipinski definition) is 7. The molecular formula is C18H23N3O3S2. The maximum absolute atomic E-state index is 12.3. The molecule has 1 atom stereocenters. The van der Waals surface area contributed by atoms with E-state index in [1.54, 1.807) is 13.8 Å². The highest BCUT2D eigenvalue weighted by Crippen LogP contribution is 2.32. The third-order valence-corrected chi connectivity index (χ3v) is 5.64. The molecule has 1 amide bonds. The Kier molecular flexibility index (Phi) is 7.16. The number of esters is 1. The van der Waals surface area contributed by atoms with E-state index < -0.39 is 5.25 Å². The van der Waals surface area contributed by atoms with Crippen molar-refractivity contribution < 1.29 is 14.3 Å². The topological polar surface area (TPSA) is 81.2 Å². The number of benzene rings is 1. The number of aromatic nitrogens is 2. The lowest BCUT2D eigenvalue weighted by Gasteiger charge is -2.09. The van der Waals surface area contributed by atoms with E-state index >= 15 is 0 Å². The monoisotopic (exact) mass is 393 g/mol. The van der Waals surface area contributed by atoms with Crippen LogP contribution in [-0.4, -0.2) is 39.7 Å². The first kappa shape index (κ1) is 20.4. The number of nitrogens with one attached hydrogen (secondary N) is 1. The fourth-order valence-corrected chi connectivity index (χ4v) is 4.17. The zero-order chi connectivity index (χ0) is 19.3. The van der Waals surface area contributed by atoms with E-state index in [1.807, 2.05) is 13.8 Å². The second-order valence-corrected chi connectivity index (χ2v) is 8.24. The molecule has 0 aliphatic heterocycles. The Morgan fingerprint density at radius 2 is 1.88 bits per heavy atom. The number of thioether (sulfide) groups is 1. The molecule has 0 aliphatic carbocycles. The van der Waals surface area contributed by atoms with Gasteiger partial charge < -0.3 is 4.74 Å². The van der Waals surface area contributed by atoms with Crippen molar-refractivity contribution in [2.45, 2.75) is 39.9 Å². The van der Waals surface area contributed by atoms with E-state index in [9.17, 15) is 9.59 Å². The number of aryl methyl sites for hydroxylation is 3. The van der Waals surface area contributed by atoms with Crippen molar-refractivity contribution in [2.24, 2.45) is 0 Å². The highest BCUT2D eigenvalue weighted by atomic mass is 32.2. The molecule has 0 unspecified atom stereocenters. The average Bonchev–Trinajstić information content (AvgIpc) is 2.99. The SMILES string of the molecule is CCOC(=O)CS[C@H](C)C(=O)Nc1nnc(-c2c(C)cc(C)cc2C)s1. The molecule has 8 heteroatoms. The van der Waals surface area contributed by atoms with Crippen LogP contribution in [0.25, 0.3) is 10.6 Å². The Hall–Kier alpha value is -1.93. The number of rotatable bonds is 7. The Morgan fingerprint density at radius 3 is 2.50 bits per heavy atom. The molecular weight excluding hydrogens is 370 g/mol. The van der Waals surface area contributed by atoms with Gasteiger partial charge in [-0.15, -0.1) is 22.0 Å². The molecule has 0 spiro atoms. The van der Waals surface area contributed by atoms with Gasteiger partial charge in [0.15, 0.2) is 0 Å². The van der Waals surface area contributed by atoms with Gasteiger partial charge in [0.25, 0.3) is 0 Å². The van der Waals surface area contributed by atoms with Crippen molar-refractivity contribution in [3.8, 4) is 10.6 Å². The second-order valence-electron chi connectivity index (χ2n) is 5.93. The predicted molar refractivity (Wildman–Crippen MR) is 107 cm³/mol. The summed E-state index contributed by atoms with van der Waals surface area (Å²) in [5.41, 5.74) is 4.53.